The Labute approximate surface area is 185 Å². The number of Topliss-reactive ketones (excluding diaryl/α,β-unsaturated/α-hetero) is 1. The molecule has 9 nitrogen and oxygen atoms in total. The van der Waals surface area contributed by atoms with Crippen LogP contribution < -0.4 is 19.1 Å². The van der Waals surface area contributed by atoms with Crippen LogP contribution in [0.3, 0.4) is 0 Å². The van der Waals surface area contributed by atoms with Crippen LogP contribution in [0, 0.1) is 10.1 Å². The number of hydrogen-bond donors (Lipinski definition) is 0. The maximum absolute atomic E-state index is 13.0. The van der Waals surface area contributed by atoms with E-state index < -0.39 is 4.92 Å². The van der Waals surface area contributed by atoms with Gasteiger partial charge in [-0.1, -0.05) is 18.2 Å². The van der Waals surface area contributed by atoms with Crippen molar-refractivity contribution < 1.29 is 23.9 Å². The smallest absolute Gasteiger partial charge is 0.270 e. The molecule has 32 heavy (non-hydrogen) atoms. The van der Waals surface area contributed by atoms with Gasteiger partial charge in [0.15, 0.2) is 17.3 Å². The molecule has 9 heteroatoms. The fraction of sp³-hybridized carbons (Fsp3) is 0.217. The van der Waals surface area contributed by atoms with Gasteiger partial charge in [-0.15, -0.1) is 0 Å². The molecule has 0 fully saturated rings. The van der Waals surface area contributed by atoms with E-state index >= 15 is 0 Å². The number of rotatable bonds is 10. The zero-order valence-electron chi connectivity index (χ0n) is 18.0. The summed E-state index contributed by atoms with van der Waals surface area (Å²) < 4.78 is 16.2. The highest BCUT2D eigenvalue weighted by atomic mass is 16.6. The summed E-state index contributed by atoms with van der Waals surface area (Å²) in [6.45, 7) is 0.281. The average molecular weight is 437 g/mol. The van der Waals surface area contributed by atoms with Crippen molar-refractivity contribution >= 4 is 17.3 Å². The number of methoxy groups -OCH3 is 3. The van der Waals surface area contributed by atoms with E-state index in [1.807, 2.05) is 6.07 Å². The predicted molar refractivity (Wildman–Crippen MR) is 119 cm³/mol. The van der Waals surface area contributed by atoms with Crippen LogP contribution in [0.2, 0.25) is 0 Å². The summed E-state index contributed by atoms with van der Waals surface area (Å²) in [6, 6.07) is 14.7. The Kier molecular flexibility index (Phi) is 7.22. The number of hydrogen-bond acceptors (Lipinski definition) is 8. The van der Waals surface area contributed by atoms with Crippen LogP contribution in [0.1, 0.15) is 15.9 Å². The lowest BCUT2D eigenvalue weighted by Crippen LogP contribution is -2.30. The molecule has 1 heterocycles. The normalized spacial score (nSPS) is 10.3. The van der Waals surface area contributed by atoms with Gasteiger partial charge >= 0.3 is 0 Å². The van der Waals surface area contributed by atoms with Crippen molar-refractivity contribution in [1.82, 2.24) is 4.98 Å². The number of nitro benzene ring substituents is 1. The number of pyridine rings is 1. The number of nitrogens with zero attached hydrogens (tertiary/aromatic N) is 3. The molecule has 2 aromatic carbocycles. The first-order chi connectivity index (χ1) is 15.5. The first kappa shape index (κ1) is 22.5. The summed E-state index contributed by atoms with van der Waals surface area (Å²) in [5.74, 6) is 1.77. The number of aromatic nitrogens is 1. The van der Waals surface area contributed by atoms with Gasteiger partial charge in [-0.3, -0.25) is 14.9 Å². The Balaban J connectivity index is 1.94. The first-order valence-corrected chi connectivity index (χ1v) is 9.69. The molecule has 3 rings (SSSR count). The highest BCUT2D eigenvalue weighted by Gasteiger charge is 2.19. The zero-order chi connectivity index (χ0) is 23.1. The van der Waals surface area contributed by atoms with E-state index in [-0.39, 0.29) is 23.6 Å². The number of ether oxygens (including phenoxy) is 3. The molecule has 166 valence electrons. The summed E-state index contributed by atoms with van der Waals surface area (Å²) in [4.78, 5) is 29.7. The van der Waals surface area contributed by atoms with Crippen LogP contribution in [0.5, 0.6) is 17.2 Å². The number of non-ortho nitro benzene ring substituents is 1. The topological polar surface area (TPSA) is 104 Å². The van der Waals surface area contributed by atoms with Crippen LogP contribution >= 0.6 is 0 Å². The van der Waals surface area contributed by atoms with Crippen molar-refractivity contribution in [2.24, 2.45) is 0 Å². The van der Waals surface area contributed by atoms with Gasteiger partial charge in [0.25, 0.3) is 5.69 Å². The molecule has 0 aliphatic carbocycles. The standard InChI is InChI=1S/C23H23N3O6/c1-30-20-11-16(12-21(31-2)23(20)32-3)14-25(22-9-4-5-10-24-22)15-19(27)17-7-6-8-18(13-17)26(28)29/h4-13H,14-15H2,1-3H3. The second kappa shape index (κ2) is 10.3. The van der Waals surface area contributed by atoms with Gasteiger partial charge in [0.1, 0.15) is 5.82 Å². The minimum atomic E-state index is -0.525. The monoisotopic (exact) mass is 437 g/mol. The summed E-state index contributed by atoms with van der Waals surface area (Å²) in [7, 11) is 4.59. The molecule has 0 aliphatic rings. The lowest BCUT2D eigenvalue weighted by molar-refractivity contribution is -0.384. The quantitative estimate of drug-likeness (QED) is 0.267. The summed E-state index contributed by atoms with van der Waals surface area (Å²) >= 11 is 0. The van der Waals surface area contributed by atoms with Crippen molar-refractivity contribution in [3.8, 4) is 17.2 Å². The predicted octanol–water partition coefficient (Wildman–Crippen LogP) is 3.91. The average Bonchev–Trinajstić information content (AvgIpc) is 2.83. The van der Waals surface area contributed by atoms with E-state index in [1.54, 1.807) is 41.4 Å². The molecule has 0 radical (unpaired) electrons. The Hall–Kier alpha value is -4.14. The molecular weight excluding hydrogens is 414 g/mol. The summed E-state index contributed by atoms with van der Waals surface area (Å²) in [5.41, 5.74) is 0.923. The van der Waals surface area contributed by atoms with Gasteiger partial charge in [-0.05, 0) is 29.8 Å². The molecule has 0 bridgehead atoms. The lowest BCUT2D eigenvalue weighted by atomic mass is 10.1. The third-order valence-corrected chi connectivity index (χ3v) is 4.78. The third kappa shape index (κ3) is 5.12. The molecule has 0 atom stereocenters. The van der Waals surface area contributed by atoms with Crippen LogP contribution in [-0.4, -0.2) is 43.6 Å². The Bertz CT molecular complexity index is 1080. The molecule has 0 unspecified atom stereocenters. The summed E-state index contributed by atoms with van der Waals surface area (Å²) in [6.07, 6.45) is 1.63. The van der Waals surface area contributed by atoms with Crippen LogP contribution in [0.25, 0.3) is 0 Å². The highest BCUT2D eigenvalue weighted by molar-refractivity contribution is 5.99. The maximum Gasteiger partial charge on any atom is 0.270 e. The molecule has 0 saturated heterocycles. The van der Waals surface area contributed by atoms with Gasteiger partial charge in [-0.25, -0.2) is 4.98 Å². The Morgan fingerprint density at radius 3 is 2.28 bits per heavy atom. The first-order valence-electron chi connectivity index (χ1n) is 9.69. The van der Waals surface area contributed by atoms with E-state index in [1.165, 1.54) is 39.5 Å². The molecule has 0 spiro atoms. The largest absolute Gasteiger partial charge is 0.493 e. The van der Waals surface area contributed by atoms with E-state index in [4.69, 9.17) is 14.2 Å². The second-order valence-electron chi connectivity index (χ2n) is 6.81. The van der Waals surface area contributed by atoms with Crippen molar-refractivity contribution in [2.45, 2.75) is 6.54 Å². The molecule has 0 aliphatic heterocycles. The number of ketones is 1. The fourth-order valence-electron chi connectivity index (χ4n) is 3.26. The number of benzene rings is 2. The molecule has 0 N–H and O–H groups in total. The number of anilines is 1. The van der Waals surface area contributed by atoms with Crippen LogP contribution in [-0.2, 0) is 6.54 Å². The third-order valence-electron chi connectivity index (χ3n) is 4.78. The number of carbonyl (C=O) groups excluding carboxylic acids is 1. The summed E-state index contributed by atoms with van der Waals surface area (Å²) in [5, 5.41) is 11.1. The van der Waals surface area contributed by atoms with Gasteiger partial charge in [0.2, 0.25) is 5.75 Å². The lowest BCUT2D eigenvalue weighted by Gasteiger charge is -2.24. The minimum absolute atomic E-state index is 0.0329. The van der Waals surface area contributed by atoms with Crippen LogP contribution in [0.4, 0.5) is 11.5 Å². The van der Waals surface area contributed by atoms with Gasteiger partial charge in [-0.2, -0.15) is 0 Å². The van der Waals surface area contributed by atoms with E-state index in [9.17, 15) is 14.9 Å². The maximum atomic E-state index is 13.0. The van der Waals surface area contributed by atoms with Crippen molar-refractivity contribution in [1.29, 1.82) is 0 Å². The van der Waals surface area contributed by atoms with E-state index in [0.717, 1.165) is 5.56 Å². The van der Waals surface area contributed by atoms with Gasteiger partial charge < -0.3 is 19.1 Å². The zero-order valence-corrected chi connectivity index (χ0v) is 18.0. The molecule has 0 saturated carbocycles. The van der Waals surface area contributed by atoms with Gasteiger partial charge in [0.05, 0.1) is 32.8 Å². The number of nitro groups is 1. The van der Waals surface area contributed by atoms with Gasteiger partial charge in [0, 0.05) is 30.4 Å². The SMILES string of the molecule is COc1cc(CN(CC(=O)c2cccc([N+](=O)[O-])c2)c2ccccn2)cc(OC)c1OC. The van der Waals surface area contributed by atoms with Crippen molar-refractivity contribution in [3.05, 3.63) is 82.0 Å². The minimum Gasteiger partial charge on any atom is -0.493 e. The van der Waals surface area contributed by atoms with E-state index in [2.05, 4.69) is 4.98 Å². The second-order valence-corrected chi connectivity index (χ2v) is 6.81. The molecule has 3 aromatic rings. The Morgan fingerprint density at radius 2 is 1.72 bits per heavy atom. The highest BCUT2D eigenvalue weighted by Crippen LogP contribution is 2.38. The molecular formula is C23H23N3O6. The fourth-order valence-corrected chi connectivity index (χ4v) is 3.26. The van der Waals surface area contributed by atoms with Crippen molar-refractivity contribution in [3.63, 3.8) is 0 Å². The van der Waals surface area contributed by atoms with Crippen molar-refractivity contribution in [2.75, 3.05) is 32.8 Å². The van der Waals surface area contributed by atoms with Crippen LogP contribution in [0.15, 0.2) is 60.8 Å². The Morgan fingerprint density at radius 1 is 1.00 bits per heavy atom. The van der Waals surface area contributed by atoms with E-state index in [0.29, 0.717) is 29.6 Å². The molecule has 1 aromatic heterocycles. The molecule has 0 amide bonds. The number of carbonyl (C=O) groups is 1.